The van der Waals surface area contributed by atoms with Gasteiger partial charge in [0.15, 0.2) is 5.78 Å². The molecule has 0 saturated heterocycles. The normalized spacial score (nSPS) is 11.3. The van der Waals surface area contributed by atoms with Gasteiger partial charge in [-0.15, -0.1) is 0 Å². The third kappa shape index (κ3) is 3.38. The molecule has 0 spiro atoms. The van der Waals surface area contributed by atoms with Crippen molar-refractivity contribution in [3.63, 3.8) is 0 Å². The summed E-state index contributed by atoms with van der Waals surface area (Å²) in [6, 6.07) is 11.1. The van der Waals surface area contributed by atoms with Gasteiger partial charge in [-0.05, 0) is 29.8 Å². The first-order chi connectivity index (χ1) is 9.36. The fourth-order valence-corrected chi connectivity index (χ4v) is 1.86. The van der Waals surface area contributed by atoms with E-state index in [1.807, 2.05) is 0 Å². The number of rotatable bonds is 3. The molecule has 0 unspecified atom stereocenters. The monoisotopic (exact) mass is 279 g/mol. The molecule has 0 amide bonds. The standard InChI is InChI=1S/C15H12F3NO/c16-15(17,18)12-5-2-4-11(9-12)14(20)8-10-3-1-6-13(19)7-10/h1-7,9H,8,19H2. The highest BCUT2D eigenvalue weighted by atomic mass is 19.4. The highest BCUT2D eigenvalue weighted by molar-refractivity contribution is 5.97. The van der Waals surface area contributed by atoms with E-state index in [1.54, 1.807) is 24.3 Å². The van der Waals surface area contributed by atoms with E-state index in [-0.39, 0.29) is 17.8 Å². The Hall–Kier alpha value is -2.30. The first-order valence-electron chi connectivity index (χ1n) is 5.91. The van der Waals surface area contributed by atoms with Crippen molar-refractivity contribution in [1.82, 2.24) is 0 Å². The van der Waals surface area contributed by atoms with Crippen LogP contribution in [0.1, 0.15) is 21.5 Å². The van der Waals surface area contributed by atoms with Gasteiger partial charge in [-0.1, -0.05) is 24.3 Å². The van der Waals surface area contributed by atoms with E-state index < -0.39 is 11.7 Å². The maximum Gasteiger partial charge on any atom is 0.416 e. The second-order valence-electron chi connectivity index (χ2n) is 4.42. The van der Waals surface area contributed by atoms with E-state index >= 15 is 0 Å². The first-order valence-corrected chi connectivity index (χ1v) is 5.91. The van der Waals surface area contributed by atoms with E-state index in [9.17, 15) is 18.0 Å². The molecule has 20 heavy (non-hydrogen) atoms. The first kappa shape index (κ1) is 14.1. The Morgan fingerprint density at radius 2 is 1.75 bits per heavy atom. The number of hydrogen-bond acceptors (Lipinski definition) is 2. The van der Waals surface area contributed by atoms with Gasteiger partial charge in [-0.3, -0.25) is 4.79 Å². The fourth-order valence-electron chi connectivity index (χ4n) is 1.86. The molecule has 0 heterocycles. The molecule has 0 saturated carbocycles. The van der Waals surface area contributed by atoms with Gasteiger partial charge in [0.25, 0.3) is 0 Å². The number of Topliss-reactive ketones (excluding diaryl/α,β-unsaturated/α-hetero) is 1. The number of carbonyl (C=O) groups excluding carboxylic acids is 1. The van der Waals surface area contributed by atoms with E-state index in [1.165, 1.54) is 12.1 Å². The minimum atomic E-state index is -4.45. The zero-order valence-corrected chi connectivity index (χ0v) is 10.4. The third-order valence-corrected chi connectivity index (χ3v) is 2.83. The Morgan fingerprint density at radius 3 is 2.40 bits per heavy atom. The second-order valence-corrected chi connectivity index (χ2v) is 4.42. The van der Waals surface area contributed by atoms with E-state index in [0.717, 1.165) is 12.1 Å². The quantitative estimate of drug-likeness (QED) is 0.687. The maximum absolute atomic E-state index is 12.6. The molecule has 2 aromatic carbocycles. The number of ketones is 1. The molecule has 2 rings (SSSR count). The Morgan fingerprint density at radius 1 is 1.05 bits per heavy atom. The number of hydrogen-bond donors (Lipinski definition) is 1. The molecule has 2 aromatic rings. The van der Waals surface area contributed by atoms with Crippen LogP contribution in [-0.4, -0.2) is 5.78 Å². The average molecular weight is 279 g/mol. The molecule has 2 N–H and O–H groups in total. The SMILES string of the molecule is Nc1cccc(CC(=O)c2cccc(C(F)(F)F)c2)c1. The van der Waals surface area contributed by atoms with Crippen molar-refractivity contribution < 1.29 is 18.0 Å². The van der Waals surface area contributed by atoms with Crippen LogP contribution in [0, 0.1) is 0 Å². The lowest BCUT2D eigenvalue weighted by Crippen LogP contribution is -2.09. The summed E-state index contributed by atoms with van der Waals surface area (Å²) in [7, 11) is 0. The highest BCUT2D eigenvalue weighted by Crippen LogP contribution is 2.29. The van der Waals surface area contributed by atoms with Crippen LogP contribution < -0.4 is 5.73 Å². The number of carbonyl (C=O) groups is 1. The topological polar surface area (TPSA) is 43.1 Å². The summed E-state index contributed by atoms with van der Waals surface area (Å²) in [5, 5.41) is 0. The molecule has 0 radical (unpaired) electrons. The number of anilines is 1. The molecule has 5 heteroatoms. The lowest BCUT2D eigenvalue weighted by molar-refractivity contribution is -0.137. The summed E-state index contributed by atoms with van der Waals surface area (Å²) < 4.78 is 37.7. The van der Waals surface area contributed by atoms with E-state index in [2.05, 4.69) is 0 Å². The minimum Gasteiger partial charge on any atom is -0.399 e. The van der Waals surface area contributed by atoms with Gasteiger partial charge in [0, 0.05) is 17.7 Å². The molecule has 0 aliphatic rings. The summed E-state index contributed by atoms with van der Waals surface area (Å²) >= 11 is 0. The van der Waals surface area contributed by atoms with E-state index in [0.29, 0.717) is 11.3 Å². The summed E-state index contributed by atoms with van der Waals surface area (Å²) in [5.74, 6) is -0.373. The maximum atomic E-state index is 12.6. The van der Waals surface area contributed by atoms with Crippen molar-refractivity contribution in [3.8, 4) is 0 Å². The number of nitrogens with two attached hydrogens (primary N) is 1. The van der Waals surface area contributed by atoms with Crippen molar-refractivity contribution in [1.29, 1.82) is 0 Å². The Kier molecular flexibility index (Phi) is 3.79. The predicted octanol–water partition coefficient (Wildman–Crippen LogP) is 3.71. The number of nitrogen functional groups attached to an aromatic ring is 1. The number of alkyl halides is 3. The number of halogens is 3. The molecule has 0 aliphatic heterocycles. The average Bonchev–Trinajstić information content (AvgIpc) is 2.38. The van der Waals surface area contributed by atoms with Gasteiger partial charge in [-0.2, -0.15) is 13.2 Å². The molecule has 0 aromatic heterocycles. The van der Waals surface area contributed by atoms with Gasteiger partial charge in [0.1, 0.15) is 0 Å². The van der Waals surface area contributed by atoms with Crippen LogP contribution in [0.5, 0.6) is 0 Å². The fraction of sp³-hybridized carbons (Fsp3) is 0.133. The summed E-state index contributed by atoms with van der Waals surface area (Å²) in [4.78, 5) is 12.0. The summed E-state index contributed by atoms with van der Waals surface area (Å²) in [5.41, 5.74) is 6.00. The molecule has 0 aliphatic carbocycles. The van der Waals surface area contributed by atoms with Crippen molar-refractivity contribution >= 4 is 11.5 Å². The smallest absolute Gasteiger partial charge is 0.399 e. The molecule has 104 valence electrons. The zero-order valence-electron chi connectivity index (χ0n) is 10.4. The van der Waals surface area contributed by atoms with Gasteiger partial charge < -0.3 is 5.73 Å². The molecule has 2 nitrogen and oxygen atoms in total. The lowest BCUT2D eigenvalue weighted by atomic mass is 10.0. The predicted molar refractivity (Wildman–Crippen MR) is 70.3 cm³/mol. The Labute approximate surface area is 114 Å². The van der Waals surface area contributed by atoms with Crippen LogP contribution in [0.4, 0.5) is 18.9 Å². The van der Waals surface area contributed by atoms with Crippen LogP contribution >= 0.6 is 0 Å². The van der Waals surface area contributed by atoms with Gasteiger partial charge in [0.2, 0.25) is 0 Å². The van der Waals surface area contributed by atoms with Crippen molar-refractivity contribution in [2.75, 3.05) is 5.73 Å². The zero-order chi connectivity index (χ0) is 14.8. The largest absolute Gasteiger partial charge is 0.416 e. The van der Waals surface area contributed by atoms with Crippen molar-refractivity contribution in [2.24, 2.45) is 0 Å². The molecule has 0 bridgehead atoms. The summed E-state index contributed by atoms with van der Waals surface area (Å²) in [6.07, 6.45) is -4.43. The van der Waals surface area contributed by atoms with Crippen LogP contribution in [0.15, 0.2) is 48.5 Å². The second kappa shape index (κ2) is 5.36. The van der Waals surface area contributed by atoms with E-state index in [4.69, 9.17) is 5.73 Å². The van der Waals surface area contributed by atoms with Gasteiger partial charge >= 0.3 is 6.18 Å². The van der Waals surface area contributed by atoms with Crippen LogP contribution in [0.3, 0.4) is 0 Å². The minimum absolute atomic E-state index is 0.0202. The molecule has 0 atom stereocenters. The van der Waals surface area contributed by atoms with Gasteiger partial charge in [-0.25, -0.2) is 0 Å². The van der Waals surface area contributed by atoms with Crippen LogP contribution in [-0.2, 0) is 12.6 Å². The van der Waals surface area contributed by atoms with Gasteiger partial charge in [0.05, 0.1) is 5.56 Å². The number of benzene rings is 2. The van der Waals surface area contributed by atoms with Crippen molar-refractivity contribution in [3.05, 3.63) is 65.2 Å². The lowest BCUT2D eigenvalue weighted by Gasteiger charge is -2.08. The molecular weight excluding hydrogens is 267 g/mol. The molecule has 0 fully saturated rings. The third-order valence-electron chi connectivity index (χ3n) is 2.83. The van der Waals surface area contributed by atoms with Crippen LogP contribution in [0.2, 0.25) is 0 Å². The Bertz CT molecular complexity index is 635. The van der Waals surface area contributed by atoms with Crippen LogP contribution in [0.25, 0.3) is 0 Å². The molecular formula is C15H12F3NO. The highest BCUT2D eigenvalue weighted by Gasteiger charge is 2.30. The summed E-state index contributed by atoms with van der Waals surface area (Å²) in [6.45, 7) is 0. The van der Waals surface area contributed by atoms with Crippen molar-refractivity contribution in [2.45, 2.75) is 12.6 Å². The Balaban J connectivity index is 2.22.